The molecule has 2 fully saturated rings. The normalized spacial score (nSPS) is 20.5. The number of thioether (sulfide) groups is 1. The maximum absolute atomic E-state index is 12.8. The number of carbonyl (C=O) groups is 1. The largest absolute Gasteiger partial charge is 0.376 e. The molecule has 5 rings (SSSR count). The van der Waals surface area contributed by atoms with Crippen molar-refractivity contribution in [3.05, 3.63) is 30.5 Å². The highest BCUT2D eigenvalue weighted by molar-refractivity contribution is 8.00. The molecule has 8 heteroatoms. The third-order valence-electron chi connectivity index (χ3n) is 6.31. The van der Waals surface area contributed by atoms with Gasteiger partial charge in [0, 0.05) is 35.3 Å². The van der Waals surface area contributed by atoms with Crippen molar-refractivity contribution in [2.45, 2.75) is 74.5 Å². The van der Waals surface area contributed by atoms with E-state index in [-0.39, 0.29) is 17.3 Å². The highest BCUT2D eigenvalue weighted by atomic mass is 32.2. The number of carbonyl (C=O) groups excluding carboxylic acids is 1. The number of amides is 1. The zero-order valence-electron chi connectivity index (χ0n) is 17.8. The number of para-hydroxylation sites is 1. The number of rotatable bonds is 7. The fourth-order valence-electron chi connectivity index (χ4n) is 4.59. The summed E-state index contributed by atoms with van der Waals surface area (Å²) < 4.78 is 8.04. The van der Waals surface area contributed by atoms with Crippen molar-refractivity contribution < 1.29 is 9.53 Å². The molecule has 164 valence electrons. The summed E-state index contributed by atoms with van der Waals surface area (Å²) in [7, 11) is 0. The van der Waals surface area contributed by atoms with Gasteiger partial charge in [0.2, 0.25) is 5.91 Å². The molecule has 2 aliphatic rings. The quantitative estimate of drug-likeness (QED) is 0.541. The molecule has 0 bridgehead atoms. The van der Waals surface area contributed by atoms with Gasteiger partial charge in [0.25, 0.3) is 0 Å². The van der Waals surface area contributed by atoms with Crippen LogP contribution in [-0.2, 0) is 16.1 Å². The van der Waals surface area contributed by atoms with E-state index in [1.54, 1.807) is 0 Å². The van der Waals surface area contributed by atoms with Crippen LogP contribution in [0.5, 0.6) is 0 Å². The van der Waals surface area contributed by atoms with Gasteiger partial charge < -0.3 is 15.0 Å². The van der Waals surface area contributed by atoms with Gasteiger partial charge in [-0.25, -0.2) is 0 Å². The molecular weight excluding hydrogens is 410 g/mol. The van der Waals surface area contributed by atoms with Crippen molar-refractivity contribution in [2.75, 3.05) is 6.61 Å². The molecule has 1 saturated carbocycles. The molecule has 2 aromatic heterocycles. The molecule has 2 unspecified atom stereocenters. The van der Waals surface area contributed by atoms with Gasteiger partial charge in [-0.3, -0.25) is 9.36 Å². The second-order valence-electron chi connectivity index (χ2n) is 8.55. The Labute approximate surface area is 186 Å². The Morgan fingerprint density at radius 2 is 2.10 bits per heavy atom. The number of ether oxygens (including phenoxy) is 1. The van der Waals surface area contributed by atoms with Gasteiger partial charge in [0.1, 0.15) is 0 Å². The molecule has 2 atom stereocenters. The number of benzene rings is 1. The average molecular weight is 440 g/mol. The standard InChI is InChI=1S/C23H29N5O2S/c1-15(22(29)25-16-7-2-3-8-16)31-23-27-26-21(28(23)14-17-9-6-12-30-17)19-13-24-20-11-5-4-10-18(19)20/h4-5,10-11,13,15-17,24H,2-3,6-9,12,14H2,1H3,(H,25,29). The Kier molecular flexibility index (Phi) is 6.00. The van der Waals surface area contributed by atoms with Crippen LogP contribution >= 0.6 is 11.8 Å². The summed E-state index contributed by atoms with van der Waals surface area (Å²) in [4.78, 5) is 16.1. The second kappa shape index (κ2) is 9.04. The summed E-state index contributed by atoms with van der Waals surface area (Å²) in [5.41, 5.74) is 2.10. The molecule has 3 aromatic rings. The summed E-state index contributed by atoms with van der Waals surface area (Å²) in [6.45, 7) is 3.45. The lowest BCUT2D eigenvalue weighted by atomic mass is 10.1. The van der Waals surface area contributed by atoms with Gasteiger partial charge in [0.15, 0.2) is 11.0 Å². The molecule has 1 aromatic carbocycles. The number of fused-ring (bicyclic) bond motifs is 1. The first kappa shape index (κ1) is 20.6. The minimum absolute atomic E-state index is 0.0808. The van der Waals surface area contributed by atoms with Crippen LogP contribution in [-0.4, -0.2) is 49.7 Å². The summed E-state index contributed by atoms with van der Waals surface area (Å²) >= 11 is 1.48. The van der Waals surface area contributed by atoms with E-state index in [0.29, 0.717) is 12.6 Å². The van der Waals surface area contributed by atoms with Gasteiger partial charge in [-0.1, -0.05) is 42.8 Å². The topological polar surface area (TPSA) is 84.8 Å². The SMILES string of the molecule is CC(Sc1nnc(-c2c[nH]c3ccccc23)n1CC1CCCO1)C(=O)NC1CCCC1. The van der Waals surface area contributed by atoms with Crippen molar-refractivity contribution in [1.29, 1.82) is 0 Å². The molecule has 0 spiro atoms. The molecule has 1 aliphatic carbocycles. The molecular formula is C23H29N5O2S. The average Bonchev–Trinajstić information content (AvgIpc) is 3.57. The molecule has 2 N–H and O–H groups in total. The van der Waals surface area contributed by atoms with Gasteiger partial charge in [-0.15, -0.1) is 10.2 Å². The lowest BCUT2D eigenvalue weighted by molar-refractivity contribution is -0.120. The predicted molar refractivity (Wildman–Crippen MR) is 122 cm³/mol. The number of H-pyrrole nitrogens is 1. The maximum Gasteiger partial charge on any atom is 0.233 e. The molecule has 1 saturated heterocycles. The lowest BCUT2D eigenvalue weighted by Crippen LogP contribution is -2.37. The Morgan fingerprint density at radius 3 is 2.90 bits per heavy atom. The first-order chi connectivity index (χ1) is 15.2. The Balaban J connectivity index is 1.42. The van der Waals surface area contributed by atoms with E-state index in [1.807, 2.05) is 25.3 Å². The molecule has 1 amide bonds. The third kappa shape index (κ3) is 4.36. The van der Waals surface area contributed by atoms with Gasteiger partial charge in [-0.2, -0.15) is 0 Å². The van der Waals surface area contributed by atoms with Crippen molar-refractivity contribution in [1.82, 2.24) is 25.1 Å². The monoisotopic (exact) mass is 439 g/mol. The van der Waals surface area contributed by atoms with E-state index in [0.717, 1.165) is 59.7 Å². The van der Waals surface area contributed by atoms with Crippen LogP contribution < -0.4 is 5.32 Å². The zero-order chi connectivity index (χ0) is 21.2. The van der Waals surface area contributed by atoms with E-state index < -0.39 is 0 Å². The van der Waals surface area contributed by atoms with Gasteiger partial charge in [-0.05, 0) is 38.7 Å². The summed E-state index contributed by atoms with van der Waals surface area (Å²) in [6, 6.07) is 8.53. The molecule has 3 heterocycles. The number of nitrogens with one attached hydrogen (secondary N) is 2. The van der Waals surface area contributed by atoms with Crippen molar-refractivity contribution in [2.24, 2.45) is 0 Å². The number of nitrogens with zero attached hydrogens (tertiary/aromatic N) is 3. The maximum atomic E-state index is 12.8. The van der Waals surface area contributed by atoms with E-state index in [1.165, 1.54) is 24.6 Å². The van der Waals surface area contributed by atoms with Crippen LogP contribution in [0, 0.1) is 0 Å². The fraction of sp³-hybridized carbons (Fsp3) is 0.522. The van der Waals surface area contributed by atoms with Crippen molar-refractivity contribution in [3.63, 3.8) is 0 Å². The van der Waals surface area contributed by atoms with Crippen LogP contribution in [0.4, 0.5) is 0 Å². The van der Waals surface area contributed by atoms with Gasteiger partial charge >= 0.3 is 0 Å². The third-order valence-corrected chi connectivity index (χ3v) is 7.39. The van der Waals surface area contributed by atoms with E-state index in [2.05, 4.69) is 37.2 Å². The minimum Gasteiger partial charge on any atom is -0.376 e. The highest BCUT2D eigenvalue weighted by Gasteiger charge is 2.27. The lowest BCUT2D eigenvalue weighted by Gasteiger charge is -2.18. The van der Waals surface area contributed by atoms with Crippen molar-refractivity contribution >= 4 is 28.6 Å². The fourth-order valence-corrected chi connectivity index (χ4v) is 5.46. The molecule has 1 aliphatic heterocycles. The smallest absolute Gasteiger partial charge is 0.233 e. The predicted octanol–water partition coefficient (Wildman–Crippen LogP) is 4.14. The molecule has 0 radical (unpaired) electrons. The molecule has 7 nitrogen and oxygen atoms in total. The Hall–Kier alpha value is -2.32. The number of hydrogen-bond acceptors (Lipinski definition) is 5. The minimum atomic E-state index is -0.233. The van der Waals surface area contributed by atoms with Crippen molar-refractivity contribution in [3.8, 4) is 11.4 Å². The van der Waals surface area contributed by atoms with E-state index >= 15 is 0 Å². The summed E-state index contributed by atoms with van der Waals surface area (Å²) in [5, 5.41) is 13.9. The number of hydrogen-bond donors (Lipinski definition) is 2. The van der Waals surface area contributed by atoms with Crippen LogP contribution in [0.15, 0.2) is 35.6 Å². The van der Waals surface area contributed by atoms with E-state index in [9.17, 15) is 4.79 Å². The van der Waals surface area contributed by atoms with Crippen LogP contribution in [0.1, 0.15) is 45.4 Å². The number of aromatic amines is 1. The first-order valence-electron chi connectivity index (χ1n) is 11.3. The van der Waals surface area contributed by atoms with Gasteiger partial charge in [0.05, 0.1) is 17.9 Å². The highest BCUT2D eigenvalue weighted by Crippen LogP contribution is 2.32. The number of aromatic nitrogens is 4. The summed E-state index contributed by atoms with van der Waals surface area (Å²) in [5.74, 6) is 0.899. The van der Waals surface area contributed by atoms with Crippen LogP contribution in [0.2, 0.25) is 0 Å². The summed E-state index contributed by atoms with van der Waals surface area (Å²) in [6.07, 6.45) is 8.84. The second-order valence-corrected chi connectivity index (χ2v) is 9.86. The molecule has 31 heavy (non-hydrogen) atoms. The Morgan fingerprint density at radius 1 is 1.26 bits per heavy atom. The Bertz CT molecular complexity index is 1050. The van der Waals surface area contributed by atoms with Crippen LogP contribution in [0.3, 0.4) is 0 Å². The first-order valence-corrected chi connectivity index (χ1v) is 12.2. The zero-order valence-corrected chi connectivity index (χ0v) is 18.7. The van der Waals surface area contributed by atoms with Crippen LogP contribution in [0.25, 0.3) is 22.3 Å². The van der Waals surface area contributed by atoms with E-state index in [4.69, 9.17) is 4.74 Å².